The second-order valence-electron chi connectivity index (χ2n) is 9.63. The molecule has 4 rings (SSSR count). The lowest BCUT2D eigenvalue weighted by Crippen LogP contribution is -2.63. The van der Waals surface area contributed by atoms with Crippen LogP contribution in [0.15, 0.2) is 33.7 Å². The predicted molar refractivity (Wildman–Crippen MR) is 127 cm³/mol. The molecule has 1 amide bonds. The van der Waals surface area contributed by atoms with Crippen LogP contribution in [0.3, 0.4) is 0 Å². The normalized spacial score (nSPS) is 28.0. The van der Waals surface area contributed by atoms with Gasteiger partial charge in [0.2, 0.25) is 5.78 Å². The fraction of sp³-hybridized carbons (Fsp3) is 0.417. The van der Waals surface area contributed by atoms with Crippen molar-refractivity contribution in [3.63, 3.8) is 0 Å². The van der Waals surface area contributed by atoms with E-state index in [9.17, 15) is 34.8 Å². The molecule has 4 atom stereocenters. The minimum Gasteiger partial charge on any atom is -0.510 e. The van der Waals surface area contributed by atoms with Crippen molar-refractivity contribution < 1.29 is 34.8 Å². The number of ketones is 2. The van der Waals surface area contributed by atoms with E-state index in [-0.39, 0.29) is 29.7 Å². The monoisotopic (exact) mass is 484 g/mol. The Labute approximate surface area is 201 Å². The number of aromatic hydroxyl groups is 1. The molecule has 1 aromatic carbocycles. The van der Waals surface area contributed by atoms with Crippen LogP contribution < -0.4 is 10.6 Å². The summed E-state index contributed by atoms with van der Waals surface area (Å²) in [6.45, 7) is 3.43. The number of nitrogens with zero attached hydrogens (tertiary/aromatic N) is 3. The summed E-state index contributed by atoms with van der Waals surface area (Å²) in [6.07, 6.45) is 0.230. The molecule has 1 aromatic rings. The van der Waals surface area contributed by atoms with Crippen molar-refractivity contribution in [1.82, 2.24) is 4.90 Å². The van der Waals surface area contributed by atoms with Crippen LogP contribution in [0.5, 0.6) is 5.75 Å². The number of amides is 1. The number of phenolic OH excluding ortho intramolecular Hbond substituents is 1. The summed E-state index contributed by atoms with van der Waals surface area (Å²) in [5.41, 5.74) is 2.72. The van der Waals surface area contributed by atoms with E-state index in [1.165, 1.54) is 4.90 Å². The molecule has 35 heavy (non-hydrogen) atoms. The number of primary amides is 1. The zero-order valence-electron chi connectivity index (χ0n) is 19.9. The van der Waals surface area contributed by atoms with E-state index in [2.05, 4.69) is 11.7 Å². The van der Waals surface area contributed by atoms with E-state index in [1.807, 2.05) is 0 Å². The topological polar surface area (TPSA) is 177 Å². The van der Waals surface area contributed by atoms with E-state index < -0.39 is 63.8 Å². The van der Waals surface area contributed by atoms with Crippen LogP contribution in [-0.2, 0) is 16.0 Å². The van der Waals surface area contributed by atoms with Crippen LogP contribution in [-0.4, -0.2) is 89.4 Å². The van der Waals surface area contributed by atoms with E-state index >= 15 is 0 Å². The van der Waals surface area contributed by atoms with E-state index in [0.717, 1.165) is 0 Å². The average Bonchev–Trinajstić information content (AvgIpc) is 2.75. The number of nitrogens with two attached hydrogens (primary N) is 1. The Morgan fingerprint density at radius 1 is 1.20 bits per heavy atom. The first-order valence-corrected chi connectivity index (χ1v) is 11.0. The highest BCUT2D eigenvalue weighted by molar-refractivity contribution is 6.25. The molecule has 3 aliphatic rings. The Kier molecular flexibility index (Phi) is 5.53. The number of benzene rings is 1. The third kappa shape index (κ3) is 3.11. The van der Waals surface area contributed by atoms with Gasteiger partial charge in [0.15, 0.2) is 17.1 Å². The molecule has 0 heterocycles. The Morgan fingerprint density at radius 2 is 1.83 bits per heavy atom. The molecular formula is C24H28N4O7. The van der Waals surface area contributed by atoms with Crippen LogP contribution in [0.4, 0.5) is 11.4 Å². The van der Waals surface area contributed by atoms with E-state index in [1.54, 1.807) is 39.2 Å². The highest BCUT2D eigenvalue weighted by Crippen LogP contribution is 2.54. The molecule has 6 N–H and O–H groups in total. The van der Waals surface area contributed by atoms with Crippen molar-refractivity contribution in [2.24, 2.45) is 22.6 Å². The first-order chi connectivity index (χ1) is 16.3. The summed E-state index contributed by atoms with van der Waals surface area (Å²) in [7, 11) is 6.70. The number of aliphatic hydroxyl groups is 3. The largest absolute Gasteiger partial charge is 0.510 e. The van der Waals surface area contributed by atoms with E-state index in [0.29, 0.717) is 11.3 Å². The third-order valence-electron chi connectivity index (χ3n) is 7.33. The number of anilines is 1. The lowest BCUT2D eigenvalue weighted by atomic mass is 9.58. The molecule has 0 radical (unpaired) electrons. The molecule has 0 bridgehead atoms. The molecule has 4 unspecified atom stereocenters. The van der Waals surface area contributed by atoms with Gasteiger partial charge in [-0.25, -0.2) is 0 Å². The van der Waals surface area contributed by atoms with Gasteiger partial charge in [-0.2, -0.15) is 0 Å². The summed E-state index contributed by atoms with van der Waals surface area (Å²) in [5, 5.41) is 44.5. The number of aliphatic imine (C=N–C) groups is 1. The van der Waals surface area contributed by atoms with Crippen molar-refractivity contribution in [2.75, 3.05) is 33.1 Å². The molecule has 0 saturated carbocycles. The molecule has 0 aliphatic heterocycles. The number of phenols is 1. The van der Waals surface area contributed by atoms with Crippen LogP contribution in [0.1, 0.15) is 22.3 Å². The molecule has 0 spiro atoms. The van der Waals surface area contributed by atoms with Gasteiger partial charge in [0, 0.05) is 31.3 Å². The molecule has 11 heteroatoms. The van der Waals surface area contributed by atoms with Gasteiger partial charge in [0.25, 0.3) is 5.91 Å². The smallest absolute Gasteiger partial charge is 0.255 e. The van der Waals surface area contributed by atoms with Gasteiger partial charge in [0.1, 0.15) is 22.8 Å². The Hall–Kier alpha value is -3.70. The number of carbonyl (C=O) groups is 3. The number of fused-ring (bicyclic) bond motifs is 3. The lowest BCUT2D eigenvalue weighted by molar-refractivity contribution is -0.148. The number of carbonyl (C=O) groups excluding carboxylic acids is 3. The average molecular weight is 485 g/mol. The van der Waals surface area contributed by atoms with E-state index in [4.69, 9.17) is 5.73 Å². The Bertz CT molecular complexity index is 1260. The third-order valence-corrected chi connectivity index (χ3v) is 7.33. The number of Topliss-reactive ketones (excluding diaryl/α,β-unsaturated/α-hetero) is 2. The van der Waals surface area contributed by atoms with Crippen LogP contribution >= 0.6 is 0 Å². The molecule has 0 saturated heterocycles. The first-order valence-electron chi connectivity index (χ1n) is 11.0. The minimum absolute atomic E-state index is 0.0286. The number of aliphatic hydroxyl groups excluding tert-OH is 2. The molecule has 3 aliphatic carbocycles. The molecule has 0 fully saturated rings. The Balaban J connectivity index is 2.01. The minimum atomic E-state index is -2.67. The molecular weight excluding hydrogens is 456 g/mol. The number of hydrogen-bond donors (Lipinski definition) is 5. The maximum absolute atomic E-state index is 13.7. The Morgan fingerprint density at radius 3 is 2.34 bits per heavy atom. The van der Waals surface area contributed by atoms with Gasteiger partial charge in [-0.3, -0.25) is 24.3 Å². The van der Waals surface area contributed by atoms with Crippen LogP contribution in [0, 0.1) is 11.8 Å². The number of rotatable bonds is 4. The van der Waals surface area contributed by atoms with Gasteiger partial charge >= 0.3 is 0 Å². The number of allylic oxidation sites excluding steroid dienone is 1. The van der Waals surface area contributed by atoms with Gasteiger partial charge in [-0.1, -0.05) is 0 Å². The highest BCUT2D eigenvalue weighted by atomic mass is 16.3. The van der Waals surface area contributed by atoms with Gasteiger partial charge in [-0.05, 0) is 51.2 Å². The number of hydrogen-bond acceptors (Lipinski definition) is 10. The molecule has 0 aromatic heterocycles. The SMILES string of the molecule is C=Nc1cc(N(C)C)c2c(c1O)C(=O)C1=C(O)C3(O)C(=O)C(C(N)=O)=C(O)C(N(C)C)C3CC1C2. The predicted octanol–water partition coefficient (Wildman–Crippen LogP) is 0.519. The van der Waals surface area contributed by atoms with Crippen molar-refractivity contribution in [3.8, 4) is 5.75 Å². The number of likely N-dealkylation sites (N-methyl/N-ethyl adjacent to an activating group) is 1. The van der Waals surface area contributed by atoms with Gasteiger partial charge in [-0.15, -0.1) is 0 Å². The summed E-state index contributed by atoms with van der Waals surface area (Å²) in [4.78, 5) is 46.1. The maximum atomic E-state index is 13.7. The summed E-state index contributed by atoms with van der Waals surface area (Å²) in [5.74, 6) is -6.93. The highest BCUT2D eigenvalue weighted by Gasteiger charge is 2.63. The summed E-state index contributed by atoms with van der Waals surface area (Å²) in [6, 6.07) is 0.567. The zero-order valence-corrected chi connectivity index (χ0v) is 19.9. The quantitative estimate of drug-likeness (QED) is 0.301. The second kappa shape index (κ2) is 7.92. The second-order valence-corrected chi connectivity index (χ2v) is 9.63. The summed E-state index contributed by atoms with van der Waals surface area (Å²) < 4.78 is 0. The zero-order chi connectivity index (χ0) is 26.1. The maximum Gasteiger partial charge on any atom is 0.255 e. The van der Waals surface area contributed by atoms with Crippen molar-refractivity contribution >= 4 is 35.6 Å². The van der Waals surface area contributed by atoms with Gasteiger partial charge in [0.05, 0.1) is 11.6 Å². The van der Waals surface area contributed by atoms with Crippen molar-refractivity contribution in [3.05, 3.63) is 39.9 Å². The van der Waals surface area contributed by atoms with Crippen molar-refractivity contribution in [1.29, 1.82) is 0 Å². The van der Waals surface area contributed by atoms with Crippen LogP contribution in [0.2, 0.25) is 0 Å². The van der Waals surface area contributed by atoms with Crippen molar-refractivity contribution in [2.45, 2.75) is 24.5 Å². The lowest BCUT2D eigenvalue weighted by Gasteiger charge is -2.50. The summed E-state index contributed by atoms with van der Waals surface area (Å²) >= 11 is 0. The fourth-order valence-corrected chi connectivity index (χ4v) is 5.80. The standard InChI is InChI=1S/C24H28N4O7/c1-26-12-8-13(27(2)3)10-6-9-7-11-17(28(4)5)20(31)16(23(25)34)22(33)24(11,35)21(32)14(9)19(30)15(10)18(12)29/h8-9,11,17,29,31-32,35H,1,6-7H2,2-5H3,(H2,25,34). The molecule has 11 nitrogen and oxygen atoms in total. The van der Waals surface area contributed by atoms with Gasteiger partial charge < -0.3 is 31.1 Å². The first kappa shape index (κ1) is 24.4. The molecule has 186 valence electrons. The fourth-order valence-electron chi connectivity index (χ4n) is 5.80. The van der Waals surface area contributed by atoms with Crippen LogP contribution in [0.25, 0.3) is 0 Å².